The van der Waals surface area contributed by atoms with Crippen LogP contribution in [0, 0.1) is 19.7 Å². The fourth-order valence-electron chi connectivity index (χ4n) is 2.28. The number of carbonyl (C=O) groups excluding carboxylic acids is 1. The van der Waals surface area contributed by atoms with Crippen molar-refractivity contribution in [3.63, 3.8) is 0 Å². The van der Waals surface area contributed by atoms with Crippen molar-refractivity contribution in [2.24, 2.45) is 0 Å². The van der Waals surface area contributed by atoms with Gasteiger partial charge < -0.3 is 10.6 Å². The molecule has 3 nitrogen and oxygen atoms in total. The Bertz CT molecular complexity index is 618. The first kappa shape index (κ1) is 16.2. The Balaban J connectivity index is 1.75. The minimum absolute atomic E-state index is 0.0588. The highest BCUT2D eigenvalue weighted by atomic mass is 19.1. The lowest BCUT2D eigenvalue weighted by Crippen LogP contribution is -2.30. The molecule has 0 aromatic heterocycles. The molecule has 0 radical (unpaired) electrons. The number of benzene rings is 2. The molecule has 0 atom stereocenters. The second-order valence-corrected chi connectivity index (χ2v) is 5.37. The molecule has 2 N–H and O–H groups in total. The summed E-state index contributed by atoms with van der Waals surface area (Å²) in [6.45, 7) is 4.88. The number of carbonyl (C=O) groups is 1. The molecular formula is C18H21FN2O. The average Bonchev–Trinajstić information content (AvgIpc) is 2.49. The van der Waals surface area contributed by atoms with Gasteiger partial charge in [-0.15, -0.1) is 0 Å². The summed E-state index contributed by atoms with van der Waals surface area (Å²) in [4.78, 5) is 11.9. The van der Waals surface area contributed by atoms with Gasteiger partial charge in [0.25, 0.3) is 0 Å². The zero-order valence-electron chi connectivity index (χ0n) is 12.9. The molecule has 0 saturated carbocycles. The van der Waals surface area contributed by atoms with E-state index in [4.69, 9.17) is 0 Å². The number of halogens is 1. The molecule has 0 spiro atoms. The lowest BCUT2D eigenvalue weighted by molar-refractivity contribution is -0.115. The van der Waals surface area contributed by atoms with E-state index in [1.165, 1.54) is 12.1 Å². The standard InChI is InChI=1S/C18H21FN2O/c1-13-4-3-5-14(2)18(13)21-17(22)12-20-11-10-15-6-8-16(19)9-7-15/h3-9,20H,10-12H2,1-2H3,(H,21,22). The average molecular weight is 300 g/mol. The van der Waals surface area contributed by atoms with Gasteiger partial charge in [0.1, 0.15) is 5.82 Å². The Morgan fingerprint density at radius 3 is 2.32 bits per heavy atom. The van der Waals surface area contributed by atoms with E-state index in [-0.39, 0.29) is 18.3 Å². The molecular weight excluding hydrogens is 279 g/mol. The van der Waals surface area contributed by atoms with Crippen LogP contribution in [0.2, 0.25) is 0 Å². The number of hydrogen-bond donors (Lipinski definition) is 2. The number of anilines is 1. The van der Waals surface area contributed by atoms with Crippen LogP contribution < -0.4 is 10.6 Å². The maximum atomic E-state index is 12.8. The molecule has 0 aliphatic rings. The van der Waals surface area contributed by atoms with Crippen molar-refractivity contribution < 1.29 is 9.18 Å². The van der Waals surface area contributed by atoms with Crippen molar-refractivity contribution in [3.8, 4) is 0 Å². The van der Waals surface area contributed by atoms with Crippen molar-refractivity contribution >= 4 is 11.6 Å². The summed E-state index contributed by atoms with van der Waals surface area (Å²) in [6, 6.07) is 12.3. The van der Waals surface area contributed by atoms with Crippen LogP contribution in [0.1, 0.15) is 16.7 Å². The van der Waals surface area contributed by atoms with E-state index in [2.05, 4.69) is 10.6 Å². The highest BCUT2D eigenvalue weighted by Gasteiger charge is 2.06. The van der Waals surface area contributed by atoms with Crippen LogP contribution in [0.25, 0.3) is 0 Å². The molecule has 0 fully saturated rings. The highest BCUT2D eigenvalue weighted by Crippen LogP contribution is 2.18. The number of nitrogens with one attached hydrogen (secondary N) is 2. The molecule has 1 amide bonds. The summed E-state index contributed by atoms with van der Waals surface area (Å²) in [5, 5.41) is 6.04. The van der Waals surface area contributed by atoms with Crippen LogP contribution in [0.15, 0.2) is 42.5 Å². The Labute approximate surface area is 130 Å². The SMILES string of the molecule is Cc1cccc(C)c1NC(=O)CNCCc1ccc(F)cc1. The Kier molecular flexibility index (Phi) is 5.67. The van der Waals surface area contributed by atoms with Gasteiger partial charge >= 0.3 is 0 Å². The van der Waals surface area contributed by atoms with Crippen molar-refractivity contribution in [1.29, 1.82) is 0 Å². The van der Waals surface area contributed by atoms with Gasteiger partial charge in [0.15, 0.2) is 0 Å². The molecule has 2 aromatic carbocycles. The second-order valence-electron chi connectivity index (χ2n) is 5.37. The van der Waals surface area contributed by atoms with Crippen LogP contribution in [-0.4, -0.2) is 19.0 Å². The Morgan fingerprint density at radius 1 is 1.05 bits per heavy atom. The molecule has 0 aliphatic carbocycles. The van der Waals surface area contributed by atoms with Gasteiger partial charge in [-0.2, -0.15) is 0 Å². The maximum absolute atomic E-state index is 12.8. The number of aryl methyl sites for hydroxylation is 2. The van der Waals surface area contributed by atoms with Crippen molar-refractivity contribution in [2.45, 2.75) is 20.3 Å². The predicted octanol–water partition coefficient (Wildman–Crippen LogP) is 3.21. The fraction of sp³-hybridized carbons (Fsp3) is 0.278. The number of hydrogen-bond acceptors (Lipinski definition) is 2. The van der Waals surface area contributed by atoms with Gasteiger partial charge in [0, 0.05) is 5.69 Å². The Hall–Kier alpha value is -2.20. The summed E-state index contributed by atoms with van der Waals surface area (Å²) in [6.07, 6.45) is 0.761. The van der Waals surface area contributed by atoms with Crippen molar-refractivity contribution in [3.05, 3.63) is 65.0 Å². The first-order chi connectivity index (χ1) is 10.6. The molecule has 116 valence electrons. The first-order valence-corrected chi connectivity index (χ1v) is 7.37. The maximum Gasteiger partial charge on any atom is 0.238 e. The third kappa shape index (κ3) is 4.67. The van der Waals surface area contributed by atoms with E-state index in [0.717, 1.165) is 28.8 Å². The molecule has 2 aromatic rings. The van der Waals surface area contributed by atoms with E-state index in [9.17, 15) is 9.18 Å². The fourth-order valence-corrected chi connectivity index (χ4v) is 2.28. The smallest absolute Gasteiger partial charge is 0.238 e. The second kappa shape index (κ2) is 7.71. The summed E-state index contributed by atoms with van der Waals surface area (Å²) >= 11 is 0. The minimum Gasteiger partial charge on any atom is -0.324 e. The van der Waals surface area contributed by atoms with Gasteiger partial charge in [-0.3, -0.25) is 4.79 Å². The zero-order valence-corrected chi connectivity index (χ0v) is 12.9. The number of rotatable bonds is 6. The zero-order chi connectivity index (χ0) is 15.9. The van der Waals surface area contributed by atoms with Gasteiger partial charge in [-0.1, -0.05) is 30.3 Å². The highest BCUT2D eigenvalue weighted by molar-refractivity contribution is 5.93. The van der Waals surface area contributed by atoms with Crippen LogP contribution in [0.4, 0.5) is 10.1 Å². The summed E-state index contributed by atoms with van der Waals surface area (Å²) in [7, 11) is 0. The topological polar surface area (TPSA) is 41.1 Å². The molecule has 2 rings (SSSR count). The summed E-state index contributed by atoms with van der Waals surface area (Å²) in [5.74, 6) is -0.291. The lowest BCUT2D eigenvalue weighted by Gasteiger charge is -2.12. The van der Waals surface area contributed by atoms with Crippen molar-refractivity contribution in [1.82, 2.24) is 5.32 Å². The van der Waals surface area contributed by atoms with Gasteiger partial charge in [-0.05, 0) is 55.6 Å². The largest absolute Gasteiger partial charge is 0.324 e. The molecule has 0 aliphatic heterocycles. The molecule has 4 heteroatoms. The van der Waals surface area contributed by atoms with E-state index in [0.29, 0.717) is 6.54 Å². The van der Waals surface area contributed by atoms with E-state index >= 15 is 0 Å². The third-order valence-electron chi connectivity index (χ3n) is 3.53. The lowest BCUT2D eigenvalue weighted by atomic mass is 10.1. The number of amides is 1. The van der Waals surface area contributed by atoms with Gasteiger partial charge in [0.2, 0.25) is 5.91 Å². The van der Waals surface area contributed by atoms with Gasteiger partial charge in [-0.25, -0.2) is 4.39 Å². The minimum atomic E-state index is -0.232. The van der Waals surface area contributed by atoms with E-state index in [1.807, 2.05) is 32.0 Å². The summed E-state index contributed by atoms with van der Waals surface area (Å²) in [5.41, 5.74) is 4.04. The van der Waals surface area contributed by atoms with Crippen LogP contribution in [0.5, 0.6) is 0 Å². The normalized spacial score (nSPS) is 10.5. The van der Waals surface area contributed by atoms with Crippen molar-refractivity contribution in [2.75, 3.05) is 18.4 Å². The van der Waals surface area contributed by atoms with Gasteiger partial charge in [0.05, 0.1) is 6.54 Å². The molecule has 0 bridgehead atoms. The Morgan fingerprint density at radius 2 is 1.68 bits per heavy atom. The summed E-state index contributed by atoms with van der Waals surface area (Å²) < 4.78 is 12.8. The molecule has 22 heavy (non-hydrogen) atoms. The molecule has 0 saturated heterocycles. The van der Waals surface area contributed by atoms with Crippen LogP contribution in [0.3, 0.4) is 0 Å². The number of para-hydroxylation sites is 1. The first-order valence-electron chi connectivity index (χ1n) is 7.37. The molecule has 0 unspecified atom stereocenters. The monoisotopic (exact) mass is 300 g/mol. The van der Waals surface area contributed by atoms with Crippen LogP contribution in [-0.2, 0) is 11.2 Å². The third-order valence-corrected chi connectivity index (χ3v) is 3.53. The predicted molar refractivity (Wildman–Crippen MR) is 87.5 cm³/mol. The van der Waals surface area contributed by atoms with E-state index < -0.39 is 0 Å². The quantitative estimate of drug-likeness (QED) is 0.804. The molecule has 0 heterocycles. The van der Waals surface area contributed by atoms with Crippen LogP contribution >= 0.6 is 0 Å². The van der Waals surface area contributed by atoms with E-state index in [1.54, 1.807) is 12.1 Å².